The van der Waals surface area contributed by atoms with E-state index in [4.69, 9.17) is 11.5 Å². The van der Waals surface area contributed by atoms with Crippen molar-refractivity contribution in [2.75, 3.05) is 17.6 Å². The fraction of sp³-hybridized carbons (Fsp3) is 0.312. The molecule has 0 spiro atoms. The molecule has 120 valence electrons. The van der Waals surface area contributed by atoms with Crippen LogP contribution in [0.15, 0.2) is 36.5 Å². The highest BCUT2D eigenvalue weighted by atomic mass is 15.3. The number of aromatic nitrogens is 4. The average molecular weight is 311 g/mol. The maximum Gasteiger partial charge on any atom is 0.228 e. The first-order valence-corrected chi connectivity index (χ1v) is 7.63. The zero-order valence-electron chi connectivity index (χ0n) is 13.3. The van der Waals surface area contributed by atoms with Crippen LogP contribution < -0.4 is 16.8 Å². The molecule has 0 aliphatic heterocycles. The lowest BCUT2D eigenvalue weighted by Crippen LogP contribution is -2.22. The van der Waals surface area contributed by atoms with Gasteiger partial charge in [-0.15, -0.1) is 0 Å². The molecule has 0 fully saturated rings. The number of nitrogens with one attached hydrogen (secondary N) is 1. The van der Waals surface area contributed by atoms with Crippen LogP contribution >= 0.6 is 0 Å². The topological polar surface area (TPSA) is 107 Å². The average Bonchev–Trinajstić information content (AvgIpc) is 2.98. The van der Waals surface area contributed by atoms with Gasteiger partial charge in [0.15, 0.2) is 5.65 Å². The Labute approximate surface area is 134 Å². The minimum Gasteiger partial charge on any atom is -0.368 e. The molecule has 0 aliphatic rings. The molecular weight excluding hydrogens is 290 g/mol. The summed E-state index contributed by atoms with van der Waals surface area (Å²) >= 11 is 0. The van der Waals surface area contributed by atoms with E-state index in [0.29, 0.717) is 24.4 Å². The number of nitrogens with zero attached hydrogens (tertiary/aromatic N) is 4. The molecule has 7 heteroatoms. The summed E-state index contributed by atoms with van der Waals surface area (Å²) in [7, 11) is 0. The second-order valence-electron chi connectivity index (χ2n) is 5.74. The SMILES string of the molecule is CC(C)c1cnn2c(N)nc(NC(CN)c3ccccc3)nc12. The second kappa shape index (κ2) is 6.21. The standard InChI is InChI=1S/C16H21N7/c1-10(2)12-9-19-23-14(12)21-16(22-15(23)18)20-13(8-17)11-6-4-3-5-7-11/h3-7,9-10,13H,8,17H2,1-2H3,(H3,18,20,21,22). The molecule has 0 amide bonds. The monoisotopic (exact) mass is 311 g/mol. The summed E-state index contributed by atoms with van der Waals surface area (Å²) in [4.78, 5) is 8.86. The van der Waals surface area contributed by atoms with Crippen molar-refractivity contribution in [2.24, 2.45) is 5.73 Å². The van der Waals surface area contributed by atoms with Gasteiger partial charge in [0, 0.05) is 12.1 Å². The fourth-order valence-corrected chi connectivity index (χ4v) is 2.51. The Morgan fingerprint density at radius 3 is 2.57 bits per heavy atom. The van der Waals surface area contributed by atoms with Crippen LogP contribution in [0.25, 0.3) is 5.65 Å². The van der Waals surface area contributed by atoms with Gasteiger partial charge < -0.3 is 16.8 Å². The molecule has 2 heterocycles. The van der Waals surface area contributed by atoms with Crippen molar-refractivity contribution < 1.29 is 0 Å². The van der Waals surface area contributed by atoms with Crippen LogP contribution in [0.2, 0.25) is 0 Å². The lowest BCUT2D eigenvalue weighted by atomic mass is 10.1. The van der Waals surface area contributed by atoms with Crippen LogP contribution in [-0.2, 0) is 0 Å². The fourth-order valence-electron chi connectivity index (χ4n) is 2.51. The van der Waals surface area contributed by atoms with Crippen molar-refractivity contribution in [1.82, 2.24) is 19.6 Å². The number of nitrogen functional groups attached to an aromatic ring is 1. The first-order chi connectivity index (χ1) is 11.1. The molecule has 1 aromatic carbocycles. The van der Waals surface area contributed by atoms with Gasteiger partial charge in [-0.2, -0.15) is 19.6 Å². The maximum absolute atomic E-state index is 6.00. The zero-order chi connectivity index (χ0) is 16.4. The van der Waals surface area contributed by atoms with Crippen LogP contribution in [0.1, 0.15) is 36.9 Å². The number of rotatable bonds is 5. The van der Waals surface area contributed by atoms with Gasteiger partial charge in [-0.3, -0.25) is 0 Å². The molecule has 0 bridgehead atoms. The van der Waals surface area contributed by atoms with E-state index in [0.717, 1.165) is 16.8 Å². The molecule has 3 rings (SSSR count). The smallest absolute Gasteiger partial charge is 0.228 e. The predicted molar refractivity (Wildman–Crippen MR) is 91.1 cm³/mol. The number of fused-ring (bicyclic) bond motifs is 1. The van der Waals surface area contributed by atoms with Crippen molar-refractivity contribution in [3.05, 3.63) is 47.7 Å². The highest BCUT2D eigenvalue weighted by Gasteiger charge is 2.16. The second-order valence-corrected chi connectivity index (χ2v) is 5.74. The molecule has 0 aliphatic carbocycles. The normalized spacial score (nSPS) is 12.7. The number of hydrogen-bond acceptors (Lipinski definition) is 6. The van der Waals surface area contributed by atoms with E-state index >= 15 is 0 Å². The third-order valence-corrected chi connectivity index (χ3v) is 3.78. The summed E-state index contributed by atoms with van der Waals surface area (Å²) in [6.07, 6.45) is 1.78. The molecule has 1 atom stereocenters. The van der Waals surface area contributed by atoms with Gasteiger partial charge in [0.2, 0.25) is 11.9 Å². The minimum absolute atomic E-state index is 0.0801. The number of hydrogen-bond donors (Lipinski definition) is 3. The highest BCUT2D eigenvalue weighted by molar-refractivity contribution is 5.55. The molecule has 7 nitrogen and oxygen atoms in total. The molecule has 1 unspecified atom stereocenters. The molecule has 3 aromatic rings. The summed E-state index contributed by atoms with van der Waals surface area (Å²) in [5.74, 6) is 1.05. The van der Waals surface area contributed by atoms with Gasteiger partial charge in [-0.25, -0.2) is 0 Å². The van der Waals surface area contributed by atoms with Crippen LogP contribution in [0.3, 0.4) is 0 Å². The number of anilines is 2. The van der Waals surface area contributed by atoms with Crippen molar-refractivity contribution >= 4 is 17.5 Å². The largest absolute Gasteiger partial charge is 0.368 e. The summed E-state index contributed by atoms with van der Waals surface area (Å²) in [6, 6.07) is 9.88. The molecule has 0 radical (unpaired) electrons. The first kappa shape index (κ1) is 15.2. The molecule has 5 N–H and O–H groups in total. The molecule has 0 saturated heterocycles. The van der Waals surface area contributed by atoms with Gasteiger partial charge in [0.05, 0.1) is 12.2 Å². The van der Waals surface area contributed by atoms with E-state index in [-0.39, 0.29) is 6.04 Å². The van der Waals surface area contributed by atoms with Gasteiger partial charge in [-0.1, -0.05) is 44.2 Å². The Morgan fingerprint density at radius 1 is 1.17 bits per heavy atom. The van der Waals surface area contributed by atoms with Crippen LogP contribution in [0.4, 0.5) is 11.9 Å². The van der Waals surface area contributed by atoms with E-state index in [1.54, 1.807) is 10.7 Å². The van der Waals surface area contributed by atoms with Gasteiger partial charge in [-0.05, 0) is 11.5 Å². The maximum atomic E-state index is 6.00. The molecule has 23 heavy (non-hydrogen) atoms. The van der Waals surface area contributed by atoms with Crippen molar-refractivity contribution in [3.8, 4) is 0 Å². The lowest BCUT2D eigenvalue weighted by molar-refractivity contribution is 0.772. The Hall–Kier alpha value is -2.67. The Bertz CT molecular complexity index is 795. The van der Waals surface area contributed by atoms with Crippen LogP contribution in [0, 0.1) is 0 Å². The quantitative estimate of drug-likeness (QED) is 0.664. The zero-order valence-corrected chi connectivity index (χ0v) is 13.3. The highest BCUT2D eigenvalue weighted by Crippen LogP contribution is 2.22. The lowest BCUT2D eigenvalue weighted by Gasteiger charge is -2.17. The minimum atomic E-state index is -0.0801. The van der Waals surface area contributed by atoms with Crippen molar-refractivity contribution in [1.29, 1.82) is 0 Å². The Morgan fingerprint density at radius 2 is 1.91 bits per heavy atom. The van der Waals surface area contributed by atoms with Crippen molar-refractivity contribution in [2.45, 2.75) is 25.8 Å². The molecule has 0 saturated carbocycles. The van der Waals surface area contributed by atoms with E-state index in [1.807, 2.05) is 30.3 Å². The van der Waals surface area contributed by atoms with Crippen molar-refractivity contribution in [3.63, 3.8) is 0 Å². The summed E-state index contributed by atoms with van der Waals surface area (Å²) in [5.41, 5.74) is 14.7. The predicted octanol–water partition coefficient (Wildman–Crippen LogP) is 1.94. The van der Waals surface area contributed by atoms with E-state index in [2.05, 4.69) is 34.2 Å². The van der Waals surface area contributed by atoms with Gasteiger partial charge >= 0.3 is 0 Å². The van der Waals surface area contributed by atoms with E-state index in [1.165, 1.54) is 0 Å². The summed E-state index contributed by atoms with van der Waals surface area (Å²) in [5, 5.41) is 7.52. The molecule has 2 aromatic heterocycles. The van der Waals surface area contributed by atoms with Crippen LogP contribution in [0.5, 0.6) is 0 Å². The first-order valence-electron chi connectivity index (χ1n) is 7.63. The van der Waals surface area contributed by atoms with E-state index in [9.17, 15) is 0 Å². The number of benzene rings is 1. The van der Waals surface area contributed by atoms with Gasteiger partial charge in [0.25, 0.3) is 0 Å². The van der Waals surface area contributed by atoms with Gasteiger partial charge in [0.1, 0.15) is 0 Å². The van der Waals surface area contributed by atoms with Crippen LogP contribution in [-0.4, -0.2) is 26.1 Å². The number of nitrogens with two attached hydrogens (primary N) is 2. The molecular formula is C16H21N7. The van der Waals surface area contributed by atoms with E-state index < -0.39 is 0 Å². The third-order valence-electron chi connectivity index (χ3n) is 3.78. The third kappa shape index (κ3) is 2.95. The summed E-state index contributed by atoms with van der Waals surface area (Å²) in [6.45, 7) is 4.61. The Balaban J connectivity index is 1.98. The summed E-state index contributed by atoms with van der Waals surface area (Å²) < 4.78 is 1.56. The Kier molecular flexibility index (Phi) is 4.12.